The molecule has 2 rings (SSSR count). The maximum Gasteiger partial charge on any atom is 0.360 e. The molecule has 24 heavy (non-hydrogen) atoms. The molecule has 128 valence electrons. The summed E-state index contributed by atoms with van der Waals surface area (Å²) in [5.41, 5.74) is 0.0491. The number of carbonyl (C=O) groups excluding carboxylic acids is 2. The maximum atomic E-state index is 12.9. The Bertz CT molecular complexity index is 749. The summed E-state index contributed by atoms with van der Waals surface area (Å²) in [4.78, 5) is 30.0. The second-order valence-corrected chi connectivity index (χ2v) is 6.63. The molecule has 6 nitrogen and oxygen atoms in total. The number of esters is 1. The molecule has 0 atom stereocenters. The predicted molar refractivity (Wildman–Crippen MR) is 88.9 cm³/mol. The molecule has 0 unspecified atom stereocenters. The molecule has 0 saturated carbocycles. The Balaban J connectivity index is 2.28. The second kappa shape index (κ2) is 7.05. The minimum Gasteiger partial charge on any atom is -0.464 e. The van der Waals surface area contributed by atoms with Crippen molar-refractivity contribution in [2.75, 3.05) is 7.11 Å². The number of nitrogens with zero attached hydrogens (tertiary/aromatic N) is 2. The van der Waals surface area contributed by atoms with Crippen LogP contribution in [0.3, 0.4) is 0 Å². The van der Waals surface area contributed by atoms with E-state index in [0.29, 0.717) is 10.6 Å². The molecule has 0 aliphatic rings. The Morgan fingerprint density at radius 3 is 2.62 bits per heavy atom. The zero-order valence-electron chi connectivity index (χ0n) is 14.0. The van der Waals surface area contributed by atoms with Crippen molar-refractivity contribution < 1.29 is 18.7 Å². The monoisotopic (exact) mass is 350 g/mol. The largest absolute Gasteiger partial charge is 0.464 e. The first-order chi connectivity index (χ1) is 11.2. The third-order valence-corrected chi connectivity index (χ3v) is 3.60. The highest BCUT2D eigenvalue weighted by molar-refractivity contribution is 6.30. The van der Waals surface area contributed by atoms with Crippen LogP contribution < -0.4 is 0 Å². The van der Waals surface area contributed by atoms with Gasteiger partial charge in [-0.25, -0.2) is 9.78 Å². The van der Waals surface area contributed by atoms with Crippen molar-refractivity contribution in [3.63, 3.8) is 0 Å². The van der Waals surface area contributed by atoms with E-state index in [0.717, 1.165) is 0 Å². The Labute approximate surface area is 145 Å². The van der Waals surface area contributed by atoms with Gasteiger partial charge in [0.25, 0.3) is 5.91 Å². The van der Waals surface area contributed by atoms with Crippen LogP contribution in [-0.4, -0.2) is 34.4 Å². The third-order valence-electron chi connectivity index (χ3n) is 3.37. The first kappa shape index (κ1) is 18.0. The predicted octanol–water partition coefficient (Wildman–Crippen LogP) is 3.56. The quantitative estimate of drug-likeness (QED) is 0.788. The Kier molecular flexibility index (Phi) is 5.29. The zero-order chi connectivity index (χ0) is 17.9. The standard InChI is InChI=1S/C17H19ClN2O4/c1-17(2,3)20(15(21)11-6-5-7-12(18)8-11)9-14-19-13(10-24-14)16(22)23-4/h5-8,10H,9H2,1-4H3. The molecular weight excluding hydrogens is 332 g/mol. The first-order valence-electron chi connectivity index (χ1n) is 7.32. The van der Waals surface area contributed by atoms with E-state index in [2.05, 4.69) is 9.72 Å². The van der Waals surface area contributed by atoms with Crippen LogP contribution in [0.4, 0.5) is 0 Å². The molecule has 1 amide bonds. The van der Waals surface area contributed by atoms with Crippen LogP contribution in [-0.2, 0) is 11.3 Å². The molecule has 0 aliphatic carbocycles. The Hall–Kier alpha value is -2.34. The lowest BCUT2D eigenvalue weighted by Crippen LogP contribution is -2.45. The fraction of sp³-hybridized carbons (Fsp3) is 0.353. The van der Waals surface area contributed by atoms with E-state index >= 15 is 0 Å². The summed E-state index contributed by atoms with van der Waals surface area (Å²) in [7, 11) is 1.26. The number of aromatic nitrogens is 1. The number of methoxy groups -OCH3 is 1. The van der Waals surface area contributed by atoms with Crippen molar-refractivity contribution in [1.29, 1.82) is 0 Å². The van der Waals surface area contributed by atoms with Gasteiger partial charge in [0.2, 0.25) is 5.89 Å². The number of halogens is 1. The number of hydrogen-bond donors (Lipinski definition) is 0. The number of hydrogen-bond acceptors (Lipinski definition) is 5. The molecular formula is C17H19ClN2O4. The summed E-state index contributed by atoms with van der Waals surface area (Å²) >= 11 is 5.97. The molecule has 0 bridgehead atoms. The average molecular weight is 351 g/mol. The van der Waals surface area contributed by atoms with Crippen molar-refractivity contribution >= 4 is 23.5 Å². The third kappa shape index (κ3) is 4.14. The number of benzene rings is 1. The van der Waals surface area contributed by atoms with Crippen LogP contribution in [0.25, 0.3) is 0 Å². The van der Waals surface area contributed by atoms with Crippen LogP contribution in [0.5, 0.6) is 0 Å². The molecule has 2 aromatic rings. The molecule has 0 N–H and O–H groups in total. The van der Waals surface area contributed by atoms with E-state index < -0.39 is 11.5 Å². The smallest absolute Gasteiger partial charge is 0.360 e. The van der Waals surface area contributed by atoms with Crippen molar-refractivity contribution in [2.45, 2.75) is 32.9 Å². The number of carbonyl (C=O) groups is 2. The molecule has 1 aromatic carbocycles. The van der Waals surface area contributed by atoms with Crippen molar-refractivity contribution in [3.05, 3.63) is 52.7 Å². The van der Waals surface area contributed by atoms with Crippen LogP contribution in [0.2, 0.25) is 5.02 Å². The van der Waals surface area contributed by atoms with Crippen molar-refractivity contribution in [3.8, 4) is 0 Å². The highest BCUT2D eigenvalue weighted by Gasteiger charge is 2.29. The van der Waals surface area contributed by atoms with Gasteiger partial charge in [-0.1, -0.05) is 17.7 Å². The Morgan fingerprint density at radius 1 is 1.33 bits per heavy atom. The van der Waals surface area contributed by atoms with Gasteiger partial charge in [0.15, 0.2) is 5.69 Å². The van der Waals surface area contributed by atoms with Gasteiger partial charge in [-0.15, -0.1) is 0 Å². The summed E-state index contributed by atoms with van der Waals surface area (Å²) in [6.45, 7) is 5.82. The van der Waals surface area contributed by atoms with Gasteiger partial charge < -0.3 is 14.1 Å². The SMILES string of the molecule is COC(=O)c1coc(CN(C(=O)c2cccc(Cl)c2)C(C)(C)C)n1. The van der Waals surface area contributed by atoms with Crippen LogP contribution in [0.1, 0.15) is 47.5 Å². The van der Waals surface area contributed by atoms with E-state index in [1.807, 2.05) is 20.8 Å². The van der Waals surface area contributed by atoms with Gasteiger partial charge in [-0.2, -0.15) is 0 Å². The van der Waals surface area contributed by atoms with E-state index in [1.54, 1.807) is 29.2 Å². The molecule has 0 saturated heterocycles. The van der Waals surface area contributed by atoms with Gasteiger partial charge in [-0.05, 0) is 39.0 Å². The highest BCUT2D eigenvalue weighted by Crippen LogP contribution is 2.22. The number of rotatable bonds is 4. The molecule has 1 heterocycles. The lowest BCUT2D eigenvalue weighted by Gasteiger charge is -2.34. The molecule has 0 spiro atoms. The summed E-state index contributed by atoms with van der Waals surface area (Å²) in [6.07, 6.45) is 1.21. The summed E-state index contributed by atoms with van der Waals surface area (Å²) in [6, 6.07) is 6.73. The highest BCUT2D eigenvalue weighted by atomic mass is 35.5. The van der Waals surface area contributed by atoms with E-state index in [-0.39, 0.29) is 24.0 Å². The van der Waals surface area contributed by atoms with Crippen molar-refractivity contribution in [1.82, 2.24) is 9.88 Å². The van der Waals surface area contributed by atoms with Crippen LogP contribution in [0.15, 0.2) is 34.9 Å². The number of amides is 1. The van der Waals surface area contributed by atoms with Gasteiger partial charge in [0, 0.05) is 16.1 Å². The van der Waals surface area contributed by atoms with Crippen molar-refractivity contribution in [2.24, 2.45) is 0 Å². The maximum absolute atomic E-state index is 12.9. The molecule has 1 aromatic heterocycles. The minimum atomic E-state index is -0.589. The fourth-order valence-electron chi connectivity index (χ4n) is 2.11. The van der Waals surface area contributed by atoms with Gasteiger partial charge in [0.1, 0.15) is 6.26 Å². The van der Waals surface area contributed by atoms with Gasteiger partial charge in [-0.3, -0.25) is 4.79 Å². The van der Waals surface area contributed by atoms with E-state index in [4.69, 9.17) is 16.0 Å². The Morgan fingerprint density at radius 2 is 2.04 bits per heavy atom. The number of ether oxygens (including phenoxy) is 1. The molecule has 7 heteroatoms. The minimum absolute atomic E-state index is 0.0663. The fourth-order valence-corrected chi connectivity index (χ4v) is 2.30. The van der Waals surface area contributed by atoms with Gasteiger partial charge in [0.05, 0.1) is 13.7 Å². The average Bonchev–Trinajstić information content (AvgIpc) is 2.99. The zero-order valence-corrected chi connectivity index (χ0v) is 14.8. The topological polar surface area (TPSA) is 72.6 Å². The van der Waals surface area contributed by atoms with E-state index in [1.165, 1.54) is 13.4 Å². The molecule has 0 fully saturated rings. The molecule has 0 radical (unpaired) electrons. The number of oxazole rings is 1. The summed E-state index contributed by atoms with van der Waals surface area (Å²) in [5, 5.41) is 0.485. The van der Waals surface area contributed by atoms with Crippen LogP contribution >= 0.6 is 11.6 Å². The normalized spacial score (nSPS) is 11.2. The van der Waals surface area contributed by atoms with Gasteiger partial charge >= 0.3 is 5.97 Å². The molecule has 0 aliphatic heterocycles. The lowest BCUT2D eigenvalue weighted by atomic mass is 10.0. The second-order valence-electron chi connectivity index (χ2n) is 6.19. The first-order valence-corrected chi connectivity index (χ1v) is 7.70. The summed E-state index contributed by atoms with van der Waals surface area (Å²) in [5.74, 6) is -0.544. The van der Waals surface area contributed by atoms with Crippen LogP contribution in [0, 0.1) is 0 Å². The lowest BCUT2D eigenvalue weighted by molar-refractivity contribution is 0.0532. The summed E-state index contributed by atoms with van der Waals surface area (Å²) < 4.78 is 9.89. The van der Waals surface area contributed by atoms with E-state index in [9.17, 15) is 9.59 Å².